The molecule has 0 saturated heterocycles. The van der Waals surface area contributed by atoms with Crippen molar-refractivity contribution in [3.63, 3.8) is 0 Å². The normalized spacial score (nSPS) is 15.3. The van der Waals surface area contributed by atoms with E-state index in [0.717, 1.165) is 0 Å². The summed E-state index contributed by atoms with van der Waals surface area (Å²) < 4.78 is 0. The molecule has 0 heterocycles. The van der Waals surface area contributed by atoms with Gasteiger partial charge in [-0.25, -0.2) is 0 Å². The zero-order chi connectivity index (χ0) is 15.6. The van der Waals surface area contributed by atoms with Gasteiger partial charge < -0.3 is 0 Å². The molecular formula is C17H15ClO3. The Kier molecular flexibility index (Phi) is 4.53. The number of carbonyl (C=O) groups is 3. The molecule has 1 aliphatic rings. The van der Waals surface area contributed by atoms with Crippen molar-refractivity contribution in [3.05, 3.63) is 57.6 Å². The SMILES string of the molecule is CC1=CC(=O)C(CCC(=O)c2ccc(Cl)cc2)=C(C)C1=O. The number of halogens is 1. The minimum Gasteiger partial charge on any atom is -0.294 e. The third-order valence-electron chi connectivity index (χ3n) is 3.56. The zero-order valence-corrected chi connectivity index (χ0v) is 12.7. The lowest BCUT2D eigenvalue weighted by Gasteiger charge is -2.14. The molecule has 0 bridgehead atoms. The Labute approximate surface area is 128 Å². The molecule has 0 atom stereocenters. The number of hydrogen-bond donors (Lipinski definition) is 0. The monoisotopic (exact) mass is 302 g/mol. The van der Waals surface area contributed by atoms with Crippen LogP contribution in [0.3, 0.4) is 0 Å². The maximum Gasteiger partial charge on any atom is 0.184 e. The maximum atomic E-state index is 12.1. The van der Waals surface area contributed by atoms with Crippen LogP contribution >= 0.6 is 11.6 Å². The standard InChI is InChI=1S/C17H15ClO3/c1-10-9-16(20)14(11(2)17(10)21)7-8-15(19)12-3-5-13(18)6-4-12/h3-6,9H,7-8H2,1-2H3. The van der Waals surface area contributed by atoms with Crippen LogP contribution in [-0.2, 0) is 9.59 Å². The quantitative estimate of drug-likeness (QED) is 0.629. The van der Waals surface area contributed by atoms with Crippen molar-refractivity contribution in [2.45, 2.75) is 26.7 Å². The molecule has 0 radical (unpaired) electrons. The number of allylic oxidation sites excluding steroid dienone is 4. The van der Waals surface area contributed by atoms with Gasteiger partial charge in [-0.15, -0.1) is 0 Å². The molecule has 0 amide bonds. The van der Waals surface area contributed by atoms with E-state index >= 15 is 0 Å². The van der Waals surface area contributed by atoms with Gasteiger partial charge in [-0.3, -0.25) is 14.4 Å². The summed E-state index contributed by atoms with van der Waals surface area (Å²) in [5.74, 6) is -0.365. The van der Waals surface area contributed by atoms with Gasteiger partial charge in [0, 0.05) is 33.7 Å². The number of ketones is 3. The van der Waals surface area contributed by atoms with E-state index in [2.05, 4.69) is 0 Å². The van der Waals surface area contributed by atoms with Crippen LogP contribution in [0.15, 0.2) is 47.1 Å². The summed E-state index contributed by atoms with van der Waals surface area (Å²) in [6.45, 7) is 3.26. The second kappa shape index (κ2) is 6.19. The van der Waals surface area contributed by atoms with Crippen LogP contribution in [0, 0.1) is 0 Å². The first kappa shape index (κ1) is 15.4. The highest BCUT2D eigenvalue weighted by atomic mass is 35.5. The van der Waals surface area contributed by atoms with Gasteiger partial charge >= 0.3 is 0 Å². The molecule has 0 unspecified atom stereocenters. The van der Waals surface area contributed by atoms with Crippen LogP contribution in [0.25, 0.3) is 0 Å². The lowest BCUT2D eigenvalue weighted by Crippen LogP contribution is -2.17. The summed E-state index contributed by atoms with van der Waals surface area (Å²) in [5, 5.41) is 0.568. The van der Waals surface area contributed by atoms with Gasteiger partial charge in [0.05, 0.1) is 0 Å². The molecule has 1 aromatic rings. The van der Waals surface area contributed by atoms with Gasteiger partial charge in [0.2, 0.25) is 0 Å². The molecule has 4 heteroatoms. The smallest absolute Gasteiger partial charge is 0.184 e. The van der Waals surface area contributed by atoms with E-state index in [-0.39, 0.29) is 30.2 Å². The van der Waals surface area contributed by atoms with Crippen LogP contribution in [0.2, 0.25) is 5.02 Å². The fourth-order valence-corrected chi connectivity index (χ4v) is 2.42. The van der Waals surface area contributed by atoms with E-state index in [9.17, 15) is 14.4 Å². The second-order valence-electron chi connectivity index (χ2n) is 5.05. The predicted octanol–water partition coefficient (Wildman–Crippen LogP) is 3.72. The number of hydrogen-bond acceptors (Lipinski definition) is 3. The van der Waals surface area contributed by atoms with Crippen molar-refractivity contribution in [1.82, 2.24) is 0 Å². The first-order valence-electron chi connectivity index (χ1n) is 6.66. The van der Waals surface area contributed by atoms with Gasteiger partial charge in [0.15, 0.2) is 17.3 Å². The first-order valence-corrected chi connectivity index (χ1v) is 7.04. The molecule has 0 fully saturated rings. The van der Waals surface area contributed by atoms with E-state index in [1.54, 1.807) is 38.1 Å². The summed E-state index contributed by atoms with van der Waals surface area (Å²) in [7, 11) is 0. The average Bonchev–Trinajstić information content (AvgIpc) is 2.45. The molecule has 0 spiro atoms. The second-order valence-corrected chi connectivity index (χ2v) is 5.49. The third-order valence-corrected chi connectivity index (χ3v) is 3.82. The van der Waals surface area contributed by atoms with Crippen molar-refractivity contribution >= 4 is 29.0 Å². The third kappa shape index (κ3) is 3.37. The topological polar surface area (TPSA) is 51.2 Å². The van der Waals surface area contributed by atoms with E-state index in [1.807, 2.05) is 0 Å². The van der Waals surface area contributed by atoms with E-state index in [0.29, 0.717) is 27.3 Å². The fraction of sp³-hybridized carbons (Fsp3) is 0.235. The molecule has 1 aliphatic carbocycles. The molecule has 0 N–H and O–H groups in total. The van der Waals surface area contributed by atoms with Crippen LogP contribution in [-0.4, -0.2) is 17.3 Å². The minimum absolute atomic E-state index is 0.0708. The molecule has 0 aliphatic heterocycles. The van der Waals surface area contributed by atoms with Crippen LogP contribution in [0.1, 0.15) is 37.0 Å². The largest absolute Gasteiger partial charge is 0.294 e. The van der Waals surface area contributed by atoms with Crippen molar-refractivity contribution in [1.29, 1.82) is 0 Å². The highest BCUT2D eigenvalue weighted by molar-refractivity contribution is 6.30. The molecule has 2 rings (SSSR count). The highest BCUT2D eigenvalue weighted by Crippen LogP contribution is 2.23. The Morgan fingerprint density at radius 2 is 1.71 bits per heavy atom. The summed E-state index contributed by atoms with van der Waals surface area (Å²) in [6, 6.07) is 6.62. The molecule has 1 aromatic carbocycles. The number of carbonyl (C=O) groups excluding carboxylic acids is 3. The fourth-order valence-electron chi connectivity index (χ4n) is 2.30. The lowest BCUT2D eigenvalue weighted by atomic mass is 9.88. The average molecular weight is 303 g/mol. The molecule has 3 nitrogen and oxygen atoms in total. The Hall–Kier alpha value is -2.00. The molecular weight excluding hydrogens is 288 g/mol. The maximum absolute atomic E-state index is 12.1. The summed E-state index contributed by atoms with van der Waals surface area (Å²) in [4.78, 5) is 35.9. The molecule has 0 saturated carbocycles. The minimum atomic E-state index is -0.173. The van der Waals surface area contributed by atoms with Crippen LogP contribution < -0.4 is 0 Å². The first-order chi connectivity index (χ1) is 9.90. The Bertz CT molecular complexity index is 678. The van der Waals surface area contributed by atoms with Gasteiger partial charge in [-0.1, -0.05) is 11.6 Å². The summed E-state index contributed by atoms with van der Waals surface area (Å²) in [5.41, 5.74) is 1.89. The van der Waals surface area contributed by atoms with E-state index in [1.165, 1.54) is 6.08 Å². The Balaban J connectivity index is 2.09. The van der Waals surface area contributed by atoms with Gasteiger partial charge in [-0.2, -0.15) is 0 Å². The zero-order valence-electron chi connectivity index (χ0n) is 11.9. The number of Topliss-reactive ketones (excluding diaryl/α,β-unsaturated/α-hetero) is 2. The van der Waals surface area contributed by atoms with Crippen molar-refractivity contribution in [2.24, 2.45) is 0 Å². The van der Waals surface area contributed by atoms with Crippen LogP contribution in [0.4, 0.5) is 0 Å². The summed E-state index contributed by atoms with van der Waals surface area (Å²) in [6.07, 6.45) is 1.82. The summed E-state index contributed by atoms with van der Waals surface area (Å²) >= 11 is 5.78. The molecule has 108 valence electrons. The lowest BCUT2D eigenvalue weighted by molar-refractivity contribution is -0.115. The van der Waals surface area contributed by atoms with E-state index in [4.69, 9.17) is 11.6 Å². The number of rotatable bonds is 4. The van der Waals surface area contributed by atoms with Crippen LogP contribution in [0.5, 0.6) is 0 Å². The molecule has 21 heavy (non-hydrogen) atoms. The van der Waals surface area contributed by atoms with Gasteiger partial charge in [0.1, 0.15) is 0 Å². The van der Waals surface area contributed by atoms with Crippen molar-refractivity contribution in [3.8, 4) is 0 Å². The highest BCUT2D eigenvalue weighted by Gasteiger charge is 2.23. The molecule has 0 aromatic heterocycles. The van der Waals surface area contributed by atoms with E-state index < -0.39 is 0 Å². The number of benzene rings is 1. The Morgan fingerprint density at radius 1 is 1.10 bits per heavy atom. The Morgan fingerprint density at radius 3 is 2.33 bits per heavy atom. The van der Waals surface area contributed by atoms with Crippen molar-refractivity contribution in [2.75, 3.05) is 0 Å². The predicted molar refractivity (Wildman–Crippen MR) is 81.5 cm³/mol. The van der Waals surface area contributed by atoms with Gasteiger partial charge in [-0.05, 0) is 50.6 Å². The van der Waals surface area contributed by atoms with Gasteiger partial charge in [0.25, 0.3) is 0 Å². The van der Waals surface area contributed by atoms with Crippen molar-refractivity contribution < 1.29 is 14.4 Å².